The van der Waals surface area contributed by atoms with Crippen LogP contribution in [-0.2, 0) is 16.0 Å². The minimum atomic E-state index is -0.303. The minimum Gasteiger partial charge on any atom is -0.496 e. The molecule has 2 rings (SSSR count). The quantitative estimate of drug-likeness (QED) is 0.555. The van der Waals surface area contributed by atoms with Crippen molar-refractivity contribution in [2.45, 2.75) is 6.42 Å². The number of carbonyl (C=O) groups is 1. The van der Waals surface area contributed by atoms with E-state index in [9.17, 15) is 4.79 Å². The van der Waals surface area contributed by atoms with Crippen molar-refractivity contribution in [2.75, 3.05) is 20.3 Å². The molecule has 2 aromatic carbocycles. The fourth-order valence-electron chi connectivity index (χ4n) is 1.93. The van der Waals surface area contributed by atoms with Crippen LogP contribution in [0.2, 0.25) is 0 Å². The summed E-state index contributed by atoms with van der Waals surface area (Å²) in [7, 11) is 1.58. The van der Waals surface area contributed by atoms with Gasteiger partial charge in [0.15, 0.2) is 0 Å². The first-order chi connectivity index (χ1) is 10.7. The van der Waals surface area contributed by atoms with Crippen LogP contribution in [0.1, 0.15) is 5.56 Å². The van der Waals surface area contributed by atoms with E-state index >= 15 is 0 Å². The van der Waals surface area contributed by atoms with E-state index in [-0.39, 0.29) is 19.0 Å². The van der Waals surface area contributed by atoms with Crippen LogP contribution in [0.25, 0.3) is 0 Å². The second-order valence-electron chi connectivity index (χ2n) is 4.51. The molecule has 0 atom stereocenters. The van der Waals surface area contributed by atoms with Gasteiger partial charge in [0.1, 0.15) is 24.7 Å². The van der Waals surface area contributed by atoms with Gasteiger partial charge in [-0.1, -0.05) is 40.2 Å². The van der Waals surface area contributed by atoms with Crippen LogP contribution in [0.4, 0.5) is 0 Å². The van der Waals surface area contributed by atoms with E-state index in [1.807, 2.05) is 48.5 Å². The van der Waals surface area contributed by atoms with Crippen LogP contribution in [0, 0.1) is 0 Å². The lowest BCUT2D eigenvalue weighted by Crippen LogP contribution is -2.14. The number of hydrogen-bond acceptors (Lipinski definition) is 4. The maximum absolute atomic E-state index is 11.8. The van der Waals surface area contributed by atoms with Crippen molar-refractivity contribution < 1.29 is 19.0 Å². The van der Waals surface area contributed by atoms with Gasteiger partial charge in [-0.05, 0) is 24.3 Å². The highest BCUT2D eigenvalue weighted by atomic mass is 79.9. The molecule has 0 unspecified atom stereocenters. The number of ether oxygens (including phenoxy) is 3. The summed E-state index contributed by atoms with van der Waals surface area (Å²) in [5.74, 6) is 1.11. The Morgan fingerprint density at radius 2 is 1.91 bits per heavy atom. The highest BCUT2D eigenvalue weighted by Gasteiger charge is 2.09. The molecule has 22 heavy (non-hydrogen) atoms. The maximum Gasteiger partial charge on any atom is 0.310 e. The van der Waals surface area contributed by atoms with Crippen molar-refractivity contribution in [2.24, 2.45) is 0 Å². The van der Waals surface area contributed by atoms with Crippen LogP contribution in [0.15, 0.2) is 53.0 Å². The van der Waals surface area contributed by atoms with E-state index < -0.39 is 0 Å². The number of halogens is 1. The molecule has 0 fully saturated rings. The summed E-state index contributed by atoms with van der Waals surface area (Å²) in [6.07, 6.45) is 0.181. The van der Waals surface area contributed by atoms with E-state index in [0.29, 0.717) is 12.4 Å². The predicted octanol–water partition coefficient (Wildman–Crippen LogP) is 3.62. The van der Waals surface area contributed by atoms with Gasteiger partial charge in [-0.3, -0.25) is 4.79 Å². The highest BCUT2D eigenvalue weighted by Crippen LogP contribution is 2.19. The van der Waals surface area contributed by atoms with Crippen molar-refractivity contribution in [3.63, 3.8) is 0 Å². The third-order valence-corrected chi connectivity index (χ3v) is 3.43. The Morgan fingerprint density at radius 1 is 1.09 bits per heavy atom. The van der Waals surface area contributed by atoms with Crippen molar-refractivity contribution in [3.05, 3.63) is 58.6 Å². The van der Waals surface area contributed by atoms with Crippen LogP contribution >= 0.6 is 15.9 Å². The van der Waals surface area contributed by atoms with E-state index in [1.165, 1.54) is 0 Å². The summed E-state index contributed by atoms with van der Waals surface area (Å²) in [4.78, 5) is 11.8. The number of methoxy groups -OCH3 is 1. The third-order valence-electron chi connectivity index (χ3n) is 2.94. The molecule has 2 aromatic rings. The molecule has 0 aliphatic heterocycles. The number of carbonyl (C=O) groups excluding carboxylic acids is 1. The summed E-state index contributed by atoms with van der Waals surface area (Å²) >= 11 is 3.37. The Labute approximate surface area is 138 Å². The molecule has 0 bridgehead atoms. The second-order valence-corrected chi connectivity index (χ2v) is 5.43. The highest BCUT2D eigenvalue weighted by molar-refractivity contribution is 9.10. The standard InChI is InChI=1S/C17H17BrO4/c1-20-16-8-3-2-5-13(16)11-17(19)22-10-9-21-15-7-4-6-14(18)12-15/h2-8,12H,9-11H2,1H3. The molecule has 4 nitrogen and oxygen atoms in total. The van der Waals surface area contributed by atoms with Gasteiger partial charge in [-0.25, -0.2) is 0 Å². The third kappa shape index (κ3) is 5.07. The first-order valence-electron chi connectivity index (χ1n) is 6.85. The summed E-state index contributed by atoms with van der Waals surface area (Å²) < 4.78 is 16.8. The number of esters is 1. The molecule has 0 aliphatic rings. The van der Waals surface area contributed by atoms with E-state index in [4.69, 9.17) is 14.2 Å². The van der Waals surface area contributed by atoms with Crippen molar-refractivity contribution in [3.8, 4) is 11.5 Å². The lowest BCUT2D eigenvalue weighted by molar-refractivity contribution is -0.143. The molecular formula is C17H17BrO4. The molecule has 5 heteroatoms. The monoisotopic (exact) mass is 364 g/mol. The molecule has 0 aromatic heterocycles. The number of para-hydroxylation sites is 1. The van der Waals surface area contributed by atoms with Gasteiger partial charge in [-0.15, -0.1) is 0 Å². The molecule has 0 radical (unpaired) electrons. The van der Waals surface area contributed by atoms with Gasteiger partial charge in [0.05, 0.1) is 13.5 Å². The van der Waals surface area contributed by atoms with Crippen molar-refractivity contribution in [1.82, 2.24) is 0 Å². The average Bonchev–Trinajstić information content (AvgIpc) is 2.52. The zero-order chi connectivity index (χ0) is 15.8. The molecule has 0 saturated heterocycles. The molecule has 116 valence electrons. The molecule has 0 heterocycles. The van der Waals surface area contributed by atoms with Gasteiger partial charge in [0.2, 0.25) is 0 Å². The Morgan fingerprint density at radius 3 is 2.68 bits per heavy atom. The van der Waals surface area contributed by atoms with Crippen LogP contribution in [0.5, 0.6) is 11.5 Å². The van der Waals surface area contributed by atoms with Crippen molar-refractivity contribution >= 4 is 21.9 Å². The van der Waals surface area contributed by atoms with Gasteiger partial charge in [0.25, 0.3) is 0 Å². The Kier molecular flexibility index (Phi) is 6.27. The lowest BCUT2D eigenvalue weighted by atomic mass is 10.1. The number of rotatable bonds is 7. The largest absolute Gasteiger partial charge is 0.496 e. The molecule has 0 spiro atoms. The summed E-state index contributed by atoms with van der Waals surface area (Å²) in [5.41, 5.74) is 0.808. The maximum atomic E-state index is 11.8. The molecule has 0 N–H and O–H groups in total. The van der Waals surface area contributed by atoms with Gasteiger partial charge >= 0.3 is 5.97 Å². The normalized spacial score (nSPS) is 10.1. The topological polar surface area (TPSA) is 44.8 Å². The molecule has 0 saturated carbocycles. The van der Waals surface area contributed by atoms with Crippen molar-refractivity contribution in [1.29, 1.82) is 0 Å². The fraction of sp³-hybridized carbons (Fsp3) is 0.235. The zero-order valence-corrected chi connectivity index (χ0v) is 13.8. The van der Waals surface area contributed by atoms with Crippen LogP contribution in [0.3, 0.4) is 0 Å². The fourth-order valence-corrected chi connectivity index (χ4v) is 2.31. The Hall–Kier alpha value is -2.01. The molecular weight excluding hydrogens is 348 g/mol. The van der Waals surface area contributed by atoms with Crippen LogP contribution < -0.4 is 9.47 Å². The average molecular weight is 365 g/mol. The number of benzene rings is 2. The minimum absolute atomic E-state index is 0.181. The molecule has 0 amide bonds. The van der Waals surface area contributed by atoms with Gasteiger partial charge < -0.3 is 14.2 Å². The first-order valence-corrected chi connectivity index (χ1v) is 7.64. The van der Waals surface area contributed by atoms with Gasteiger partial charge in [0, 0.05) is 10.0 Å². The SMILES string of the molecule is COc1ccccc1CC(=O)OCCOc1cccc(Br)c1. The lowest BCUT2D eigenvalue weighted by Gasteiger charge is -2.09. The predicted molar refractivity (Wildman–Crippen MR) is 87.3 cm³/mol. The molecule has 0 aliphatic carbocycles. The zero-order valence-electron chi connectivity index (χ0n) is 12.3. The number of hydrogen-bond donors (Lipinski definition) is 0. The smallest absolute Gasteiger partial charge is 0.310 e. The van der Waals surface area contributed by atoms with E-state index in [0.717, 1.165) is 15.8 Å². The summed E-state index contributed by atoms with van der Waals surface area (Å²) in [6, 6.07) is 14.9. The van der Waals surface area contributed by atoms with Crippen LogP contribution in [-0.4, -0.2) is 26.3 Å². The summed E-state index contributed by atoms with van der Waals surface area (Å²) in [6.45, 7) is 0.522. The van der Waals surface area contributed by atoms with Gasteiger partial charge in [-0.2, -0.15) is 0 Å². The second kappa shape index (κ2) is 8.44. The summed E-state index contributed by atoms with van der Waals surface area (Å²) in [5, 5.41) is 0. The van der Waals surface area contributed by atoms with E-state index in [1.54, 1.807) is 7.11 Å². The Balaban J connectivity index is 1.74. The first kappa shape index (κ1) is 16.4. The van der Waals surface area contributed by atoms with E-state index in [2.05, 4.69) is 15.9 Å². The Bertz CT molecular complexity index is 628.